The Kier molecular flexibility index (Phi) is 2.64. The molecule has 1 aliphatic carbocycles. The summed E-state index contributed by atoms with van der Waals surface area (Å²) in [6.45, 7) is 4.37. The normalized spacial score (nSPS) is 18.8. The Hall–Kier alpha value is -0.830. The van der Waals surface area contributed by atoms with Gasteiger partial charge in [-0.15, -0.1) is 0 Å². The van der Waals surface area contributed by atoms with Gasteiger partial charge in [-0.2, -0.15) is 5.10 Å². The fourth-order valence-electron chi connectivity index (χ4n) is 1.65. The molecule has 2 rings (SSSR count). The van der Waals surface area contributed by atoms with Gasteiger partial charge in [0.1, 0.15) is 0 Å². The topological polar surface area (TPSA) is 40.7 Å². The van der Waals surface area contributed by atoms with Crippen LogP contribution in [0, 0.1) is 11.8 Å². The van der Waals surface area contributed by atoms with Crippen molar-refractivity contribution >= 4 is 0 Å². The molecule has 0 saturated heterocycles. The first kappa shape index (κ1) is 8.75. The van der Waals surface area contributed by atoms with Crippen LogP contribution in [0.25, 0.3) is 0 Å². The van der Waals surface area contributed by atoms with Crippen LogP contribution in [-0.4, -0.2) is 16.7 Å². The predicted molar refractivity (Wildman–Crippen MR) is 52.2 cm³/mol. The Morgan fingerprint density at radius 3 is 3.15 bits per heavy atom. The lowest BCUT2D eigenvalue weighted by Gasteiger charge is -2.10. The van der Waals surface area contributed by atoms with Gasteiger partial charge in [0.05, 0.1) is 0 Å². The highest BCUT2D eigenvalue weighted by Gasteiger charge is 2.27. The molecule has 1 aliphatic rings. The van der Waals surface area contributed by atoms with Crippen LogP contribution < -0.4 is 5.32 Å². The van der Waals surface area contributed by atoms with Crippen molar-refractivity contribution in [2.75, 3.05) is 6.54 Å². The molecule has 1 saturated carbocycles. The van der Waals surface area contributed by atoms with E-state index in [0.717, 1.165) is 24.9 Å². The molecule has 3 heteroatoms. The van der Waals surface area contributed by atoms with Crippen LogP contribution >= 0.6 is 0 Å². The molecule has 0 radical (unpaired) electrons. The highest BCUT2D eigenvalue weighted by molar-refractivity contribution is 4.96. The van der Waals surface area contributed by atoms with E-state index in [-0.39, 0.29) is 0 Å². The van der Waals surface area contributed by atoms with E-state index in [1.807, 2.05) is 6.07 Å². The molecule has 0 spiro atoms. The van der Waals surface area contributed by atoms with Gasteiger partial charge in [0.25, 0.3) is 0 Å². The van der Waals surface area contributed by atoms with Crippen LogP contribution in [0.2, 0.25) is 0 Å². The van der Waals surface area contributed by atoms with Gasteiger partial charge < -0.3 is 5.32 Å². The van der Waals surface area contributed by atoms with Gasteiger partial charge in [-0.1, -0.05) is 6.92 Å². The average Bonchev–Trinajstić information content (AvgIpc) is 2.86. The van der Waals surface area contributed by atoms with E-state index in [1.165, 1.54) is 18.5 Å². The molecule has 0 aliphatic heterocycles. The Morgan fingerprint density at radius 2 is 2.54 bits per heavy atom. The van der Waals surface area contributed by atoms with Crippen molar-refractivity contribution in [2.24, 2.45) is 11.8 Å². The summed E-state index contributed by atoms with van der Waals surface area (Å²) in [6.07, 6.45) is 4.67. The summed E-state index contributed by atoms with van der Waals surface area (Å²) in [6, 6.07) is 2.01. The quantitative estimate of drug-likeness (QED) is 0.720. The van der Waals surface area contributed by atoms with Crippen molar-refractivity contribution in [2.45, 2.75) is 26.3 Å². The van der Waals surface area contributed by atoms with Crippen molar-refractivity contribution in [1.82, 2.24) is 15.5 Å². The van der Waals surface area contributed by atoms with E-state index >= 15 is 0 Å². The summed E-state index contributed by atoms with van der Waals surface area (Å²) in [7, 11) is 0. The summed E-state index contributed by atoms with van der Waals surface area (Å²) in [5, 5.41) is 10.3. The molecule has 13 heavy (non-hydrogen) atoms. The van der Waals surface area contributed by atoms with Gasteiger partial charge in [-0.3, -0.25) is 5.10 Å². The van der Waals surface area contributed by atoms with Gasteiger partial charge >= 0.3 is 0 Å². The predicted octanol–water partition coefficient (Wildman–Crippen LogP) is 1.55. The number of rotatable bonds is 5. The molecule has 1 unspecified atom stereocenters. The number of hydrogen-bond acceptors (Lipinski definition) is 2. The number of aromatic amines is 1. The van der Waals surface area contributed by atoms with Gasteiger partial charge in [0, 0.05) is 18.4 Å². The van der Waals surface area contributed by atoms with Crippen LogP contribution in [0.15, 0.2) is 12.3 Å². The molecule has 1 heterocycles. The first-order chi connectivity index (χ1) is 6.36. The van der Waals surface area contributed by atoms with Gasteiger partial charge in [0.15, 0.2) is 0 Å². The number of nitrogens with zero attached hydrogens (tertiary/aromatic N) is 1. The molecule has 1 aromatic rings. The Bertz CT molecular complexity index is 239. The molecule has 2 N–H and O–H groups in total. The lowest BCUT2D eigenvalue weighted by Crippen LogP contribution is -2.21. The van der Waals surface area contributed by atoms with Crippen LogP contribution in [0.1, 0.15) is 25.5 Å². The van der Waals surface area contributed by atoms with Gasteiger partial charge in [-0.05, 0) is 37.3 Å². The van der Waals surface area contributed by atoms with Crippen LogP contribution in [0.4, 0.5) is 0 Å². The monoisotopic (exact) mass is 179 g/mol. The third-order valence-corrected chi connectivity index (χ3v) is 2.77. The molecule has 0 bridgehead atoms. The summed E-state index contributed by atoms with van der Waals surface area (Å²) in [4.78, 5) is 0. The lowest BCUT2D eigenvalue weighted by molar-refractivity contribution is 0.460. The highest BCUT2D eigenvalue weighted by Crippen LogP contribution is 2.36. The molecule has 1 fully saturated rings. The fraction of sp³-hybridized carbons (Fsp3) is 0.700. The number of nitrogens with one attached hydrogen (secondary N) is 2. The maximum atomic E-state index is 3.90. The minimum absolute atomic E-state index is 0.836. The molecular formula is C10H17N3. The summed E-state index contributed by atoms with van der Waals surface area (Å²) in [5.74, 6) is 1.83. The van der Waals surface area contributed by atoms with Crippen molar-refractivity contribution in [3.8, 4) is 0 Å². The summed E-state index contributed by atoms with van der Waals surface area (Å²) >= 11 is 0. The van der Waals surface area contributed by atoms with Crippen LogP contribution in [0.5, 0.6) is 0 Å². The zero-order valence-corrected chi connectivity index (χ0v) is 8.09. The van der Waals surface area contributed by atoms with Crippen molar-refractivity contribution in [3.63, 3.8) is 0 Å². The van der Waals surface area contributed by atoms with E-state index in [2.05, 4.69) is 22.4 Å². The standard InChI is InChI=1S/C10H17N3/c1-8(9-2-3-9)6-11-7-10-4-5-12-13-10/h4-5,8-9,11H,2-3,6-7H2,1H3,(H,12,13). The fourth-order valence-corrected chi connectivity index (χ4v) is 1.65. The zero-order valence-electron chi connectivity index (χ0n) is 8.09. The third-order valence-electron chi connectivity index (χ3n) is 2.77. The maximum Gasteiger partial charge on any atom is 0.0490 e. The molecular weight excluding hydrogens is 162 g/mol. The number of aromatic nitrogens is 2. The van der Waals surface area contributed by atoms with Gasteiger partial charge in [-0.25, -0.2) is 0 Å². The molecule has 0 amide bonds. The van der Waals surface area contributed by atoms with Crippen molar-refractivity contribution < 1.29 is 0 Å². The van der Waals surface area contributed by atoms with Crippen molar-refractivity contribution in [1.29, 1.82) is 0 Å². The first-order valence-corrected chi connectivity index (χ1v) is 5.05. The number of hydrogen-bond donors (Lipinski definition) is 2. The second-order valence-corrected chi connectivity index (χ2v) is 4.03. The summed E-state index contributed by atoms with van der Waals surface area (Å²) in [5.41, 5.74) is 1.17. The van der Waals surface area contributed by atoms with E-state index in [4.69, 9.17) is 0 Å². The minimum atomic E-state index is 0.836. The molecule has 3 nitrogen and oxygen atoms in total. The van der Waals surface area contributed by atoms with Crippen molar-refractivity contribution in [3.05, 3.63) is 18.0 Å². The first-order valence-electron chi connectivity index (χ1n) is 5.05. The average molecular weight is 179 g/mol. The van der Waals surface area contributed by atoms with E-state index < -0.39 is 0 Å². The van der Waals surface area contributed by atoms with Crippen LogP contribution in [-0.2, 0) is 6.54 Å². The Labute approximate surface area is 78.9 Å². The Morgan fingerprint density at radius 1 is 1.69 bits per heavy atom. The molecule has 1 aromatic heterocycles. The second kappa shape index (κ2) is 3.92. The van der Waals surface area contributed by atoms with E-state index in [9.17, 15) is 0 Å². The summed E-state index contributed by atoms with van der Waals surface area (Å²) < 4.78 is 0. The van der Waals surface area contributed by atoms with E-state index in [0.29, 0.717) is 0 Å². The van der Waals surface area contributed by atoms with Crippen LogP contribution in [0.3, 0.4) is 0 Å². The number of H-pyrrole nitrogens is 1. The SMILES string of the molecule is CC(CNCc1ccn[nH]1)C1CC1. The third kappa shape index (κ3) is 2.56. The smallest absolute Gasteiger partial charge is 0.0490 e. The lowest BCUT2D eigenvalue weighted by atomic mass is 10.1. The maximum absolute atomic E-state index is 3.90. The zero-order chi connectivity index (χ0) is 9.10. The Balaban J connectivity index is 1.63. The highest BCUT2D eigenvalue weighted by atomic mass is 15.1. The van der Waals surface area contributed by atoms with E-state index in [1.54, 1.807) is 6.20 Å². The largest absolute Gasteiger partial charge is 0.311 e. The molecule has 0 aromatic carbocycles. The minimum Gasteiger partial charge on any atom is -0.311 e. The molecule has 1 atom stereocenters. The second-order valence-electron chi connectivity index (χ2n) is 4.03. The molecule has 72 valence electrons. The van der Waals surface area contributed by atoms with Gasteiger partial charge in [0.2, 0.25) is 0 Å².